The number of carbonyl (C=O) groups is 6. The number of rotatable bonds is 24. The van der Waals surface area contributed by atoms with Crippen molar-refractivity contribution < 1.29 is 85.5 Å². The number of carbonyl (C=O) groups excluding carboxylic acids is 6. The average Bonchev–Trinajstić information content (AvgIpc) is 3.77. The number of methoxy groups -OCH3 is 1. The summed E-state index contributed by atoms with van der Waals surface area (Å²) in [5.74, 6) is -1.02. The fourth-order valence-corrected chi connectivity index (χ4v) is 7.43. The maximum Gasteiger partial charge on any atom is 0.408 e. The van der Waals surface area contributed by atoms with Crippen LogP contribution in [0.25, 0.3) is 5.73 Å². The second-order valence-electron chi connectivity index (χ2n) is 19.7. The predicted octanol–water partition coefficient (Wildman–Crippen LogP) is 7.28. The number of nitrogens with zero attached hydrogens (tertiary/aromatic N) is 2. The van der Waals surface area contributed by atoms with E-state index in [1.54, 1.807) is 59.0 Å². The van der Waals surface area contributed by atoms with Gasteiger partial charge in [0.05, 0.1) is 19.3 Å². The van der Waals surface area contributed by atoms with Gasteiger partial charge in [-0.15, -0.1) is 6.42 Å². The Morgan fingerprint density at radius 3 is 2.09 bits per heavy atom. The van der Waals surface area contributed by atoms with Crippen LogP contribution in [0.5, 0.6) is 5.75 Å². The Labute approximate surface area is 437 Å². The van der Waals surface area contributed by atoms with Crippen molar-refractivity contribution in [2.75, 3.05) is 27.7 Å². The number of ketones is 1. The number of hydrogen-bond donors (Lipinski definition) is 3. The van der Waals surface area contributed by atoms with Gasteiger partial charge in [-0.25, -0.2) is 9.59 Å². The van der Waals surface area contributed by atoms with E-state index in [2.05, 4.69) is 10.6 Å². The van der Waals surface area contributed by atoms with Crippen LogP contribution < -0.4 is 15.4 Å². The van der Waals surface area contributed by atoms with Crippen LogP contribution in [0, 0.1) is 24.2 Å². The van der Waals surface area contributed by atoms with Gasteiger partial charge >= 0.3 is 18.0 Å². The second-order valence-corrected chi connectivity index (χ2v) is 19.7. The zero-order valence-corrected chi connectivity index (χ0v) is 46.3. The van der Waals surface area contributed by atoms with Crippen LogP contribution in [0.2, 0.25) is 0 Å². The van der Waals surface area contributed by atoms with Crippen molar-refractivity contribution in [1.82, 2.24) is 20.4 Å². The minimum absolute atomic E-state index is 0. The summed E-state index contributed by atoms with van der Waals surface area (Å²) in [6, 6.07) is 12.7. The minimum atomic E-state index is -1.35. The predicted molar refractivity (Wildman–Crippen MR) is 262 cm³/mol. The zero-order chi connectivity index (χ0) is 51.3. The van der Waals surface area contributed by atoms with Crippen LogP contribution in [-0.2, 0) is 83.9 Å². The summed E-state index contributed by atoms with van der Waals surface area (Å²) in [5.41, 5.74) is 8.96. The fraction of sp³-hybridized carbons (Fsp3) is 0.635. The summed E-state index contributed by atoms with van der Waals surface area (Å²) in [6.45, 7) is 19.0. The molecule has 3 amide bonds. The van der Waals surface area contributed by atoms with Crippen molar-refractivity contribution in [3.8, 4) is 5.75 Å². The van der Waals surface area contributed by atoms with Crippen molar-refractivity contribution in [2.24, 2.45) is 17.8 Å². The summed E-state index contributed by atoms with van der Waals surface area (Å²) in [7, 11) is 5.08. The molecule has 16 nitrogen and oxygen atoms in total. The maximum absolute atomic E-state index is 13.8. The first kappa shape index (κ1) is 63.1. The van der Waals surface area contributed by atoms with Crippen LogP contribution >= 0.6 is 0 Å². The third-order valence-electron chi connectivity index (χ3n) is 11.5. The van der Waals surface area contributed by atoms with Gasteiger partial charge in [-0.1, -0.05) is 103 Å². The van der Waals surface area contributed by atoms with E-state index in [-0.39, 0.29) is 87.6 Å². The van der Waals surface area contributed by atoms with Gasteiger partial charge in [-0.05, 0) is 96.1 Å². The van der Waals surface area contributed by atoms with Crippen molar-refractivity contribution >= 4 is 35.6 Å². The first-order valence-electron chi connectivity index (χ1n) is 23.9. The number of benzene rings is 2. The molecule has 0 aliphatic carbocycles. The molecule has 17 heteroatoms. The molecule has 0 unspecified atom stereocenters. The molecular formula is C52H81N5O11Y-2. The number of ether oxygens (including phenoxy) is 4. The quantitative estimate of drug-likeness (QED) is 0.0538. The Morgan fingerprint density at radius 2 is 1.55 bits per heavy atom. The Balaban J connectivity index is 0.000000827. The first-order chi connectivity index (χ1) is 31.9. The Bertz CT molecular complexity index is 1880. The first-order valence-corrected chi connectivity index (χ1v) is 23.9. The van der Waals surface area contributed by atoms with Crippen LogP contribution in [-0.4, -0.2) is 126 Å². The molecule has 0 bridgehead atoms. The van der Waals surface area contributed by atoms with E-state index >= 15 is 0 Å². The number of Topliss-reactive ketones (excluding diaryl/α,β-unsaturated/α-hetero) is 1. The Kier molecular flexibility index (Phi) is 28.7. The average molecular weight is 1040 g/mol. The van der Waals surface area contributed by atoms with Crippen molar-refractivity contribution in [3.63, 3.8) is 0 Å². The Hall–Kier alpha value is -3.96. The monoisotopic (exact) mass is 1040 g/mol. The summed E-state index contributed by atoms with van der Waals surface area (Å²) >= 11 is 0. The molecule has 69 heavy (non-hydrogen) atoms. The van der Waals surface area contributed by atoms with Gasteiger partial charge in [-0.3, -0.25) is 19.3 Å². The third kappa shape index (κ3) is 23.2. The maximum atomic E-state index is 13.8. The number of amides is 3. The fourth-order valence-electron chi connectivity index (χ4n) is 7.43. The molecule has 1 aliphatic rings. The number of aliphatic hydroxyl groups excluding tert-OH is 1. The van der Waals surface area contributed by atoms with Crippen LogP contribution in [0.4, 0.5) is 4.79 Å². The molecule has 1 heterocycles. The number of esters is 2. The molecule has 2 aromatic carbocycles. The van der Waals surface area contributed by atoms with E-state index in [1.165, 1.54) is 11.8 Å². The molecule has 0 spiro atoms. The van der Waals surface area contributed by atoms with E-state index in [1.807, 2.05) is 90.4 Å². The van der Waals surface area contributed by atoms with Crippen molar-refractivity contribution in [2.45, 2.75) is 169 Å². The molecule has 0 aromatic heterocycles. The van der Waals surface area contributed by atoms with Gasteiger partial charge in [0.15, 0.2) is 0 Å². The van der Waals surface area contributed by atoms with E-state index in [4.69, 9.17) is 24.7 Å². The van der Waals surface area contributed by atoms with Gasteiger partial charge in [0.1, 0.15) is 48.0 Å². The van der Waals surface area contributed by atoms with Crippen LogP contribution in [0.15, 0.2) is 54.6 Å². The summed E-state index contributed by atoms with van der Waals surface area (Å²) in [4.78, 5) is 80.5. The SMILES string of the molecule is CC(C)C[C@H]([NH-])C(=O)N1CCC[C@H]1C(=O)OCc1ccccc1.CC[C@H](C)[C@@H](NC(=O)[C@@H](NC(=O)OC(C)(C)C)[C@@H](C)OC(=O)[C@H](Cc1ccc(OC)cc1)N(C)C)[C@@H](O)CC(=O)C[CH-]C(C)C.[Y]. The largest absolute Gasteiger partial charge is 0.667 e. The molecule has 2 aromatic rings. The third-order valence-corrected chi connectivity index (χ3v) is 11.5. The van der Waals surface area contributed by atoms with Crippen molar-refractivity contribution in [3.05, 3.63) is 77.9 Å². The minimum Gasteiger partial charge on any atom is -0.667 e. The van der Waals surface area contributed by atoms with Crippen LogP contribution in [0.3, 0.4) is 0 Å². The smallest absolute Gasteiger partial charge is 0.408 e. The van der Waals surface area contributed by atoms with Crippen LogP contribution in [0.1, 0.15) is 119 Å². The second kappa shape index (κ2) is 31.4. The molecule has 1 fully saturated rings. The number of alkyl carbamates (subject to hydrolysis) is 1. The summed E-state index contributed by atoms with van der Waals surface area (Å²) in [6.07, 6.45) is 1.69. The van der Waals surface area contributed by atoms with E-state index in [0.29, 0.717) is 38.0 Å². The zero-order valence-electron chi connectivity index (χ0n) is 43.4. The van der Waals surface area contributed by atoms with Gasteiger partial charge in [-0.2, -0.15) is 5.92 Å². The topological polar surface area (TPSA) is 214 Å². The normalized spacial score (nSPS) is 16.6. The molecule has 8 atom stereocenters. The molecule has 4 N–H and O–H groups in total. The number of aliphatic hydroxyl groups is 1. The molecule has 3 rings (SSSR count). The molecule has 385 valence electrons. The molecule has 1 aliphatic heterocycles. The molecule has 1 radical (unpaired) electrons. The molecule has 1 saturated heterocycles. The van der Waals surface area contributed by atoms with Crippen molar-refractivity contribution in [1.29, 1.82) is 0 Å². The summed E-state index contributed by atoms with van der Waals surface area (Å²) in [5, 5.41) is 16.4. The number of hydrogen-bond acceptors (Lipinski definition) is 12. The van der Waals surface area contributed by atoms with E-state index in [9.17, 15) is 33.9 Å². The standard InChI is InChI=1S/C34H56N3O8.C18H25N2O3.Y/c1-12-22(4)29(28(39)20-25(38)16-13-21(2)3)35-31(40)30(36-33(42)45-34(6,7)8)23(5)44-32(41)27(37(9)10)19-24-14-17-26(43-11)18-15-24;1-13(2)11-15(19)17(21)20-10-6-9-16(20)18(22)23-12-14-7-4-3-5-8-14;/h13-15,17-18,21-23,27-30,39H,12,16,19-20H2,1-11H3,(H,35,40)(H,36,42);3-5,7-8,13,15-16,19H,6,9-12H2,1-2H3;/q2*-1;/t22-,23+,27-,28-,29+,30-;15-,16-;/m00./s1. The number of likely N-dealkylation sites (tertiary alicyclic amines) is 1. The van der Waals surface area contributed by atoms with Gasteiger partial charge in [0.25, 0.3) is 0 Å². The number of likely N-dealkylation sites (N-methyl/N-ethyl adjacent to an activating group) is 1. The van der Waals surface area contributed by atoms with E-state index < -0.39 is 66.0 Å². The van der Waals surface area contributed by atoms with E-state index in [0.717, 1.165) is 17.5 Å². The van der Waals surface area contributed by atoms with Gasteiger partial charge < -0.3 is 56.5 Å². The summed E-state index contributed by atoms with van der Waals surface area (Å²) < 4.78 is 21.8. The van der Waals surface area contributed by atoms with Gasteiger partial charge in [0, 0.05) is 45.7 Å². The molecular weight excluding hydrogens is 960 g/mol. The number of nitrogens with one attached hydrogen (secondary N) is 3. The molecule has 0 saturated carbocycles. The Morgan fingerprint density at radius 1 is 0.928 bits per heavy atom. The van der Waals surface area contributed by atoms with Gasteiger partial charge in [0.2, 0.25) is 11.8 Å².